The molecule has 0 bridgehead atoms. The predicted molar refractivity (Wildman–Crippen MR) is 94.3 cm³/mol. The van der Waals surface area contributed by atoms with Crippen LogP contribution in [0.15, 0.2) is 29.5 Å². The Morgan fingerprint density at radius 2 is 2.00 bits per heavy atom. The van der Waals surface area contributed by atoms with Crippen LogP contribution in [0.3, 0.4) is 0 Å². The van der Waals surface area contributed by atoms with Gasteiger partial charge < -0.3 is 29.9 Å². The SMILES string of the molecule is COc1ccc([C@@H]2C(C(C)=O)=C(O)C(=O)N2CCNCCO)c(OC)c1. The van der Waals surface area contributed by atoms with E-state index in [0.29, 0.717) is 30.2 Å². The van der Waals surface area contributed by atoms with Gasteiger partial charge in [0.1, 0.15) is 11.5 Å². The van der Waals surface area contributed by atoms with Crippen molar-refractivity contribution in [3.05, 3.63) is 35.1 Å². The molecule has 8 nitrogen and oxygen atoms in total. The molecule has 0 spiro atoms. The van der Waals surface area contributed by atoms with Crippen LogP contribution in [0, 0.1) is 0 Å². The first-order chi connectivity index (χ1) is 12.5. The number of methoxy groups -OCH3 is 2. The van der Waals surface area contributed by atoms with E-state index in [1.807, 2.05) is 0 Å². The number of amides is 1. The molecule has 1 aromatic carbocycles. The molecule has 26 heavy (non-hydrogen) atoms. The largest absolute Gasteiger partial charge is 0.503 e. The van der Waals surface area contributed by atoms with Gasteiger partial charge in [-0.25, -0.2) is 0 Å². The number of ketones is 1. The molecule has 1 aromatic rings. The summed E-state index contributed by atoms with van der Waals surface area (Å²) < 4.78 is 10.6. The minimum absolute atomic E-state index is 0.0220. The Labute approximate surface area is 152 Å². The van der Waals surface area contributed by atoms with E-state index in [0.717, 1.165) is 0 Å². The van der Waals surface area contributed by atoms with Crippen molar-refractivity contribution in [1.82, 2.24) is 10.2 Å². The van der Waals surface area contributed by atoms with Gasteiger partial charge in [-0.15, -0.1) is 0 Å². The van der Waals surface area contributed by atoms with Crippen LogP contribution >= 0.6 is 0 Å². The summed E-state index contributed by atoms with van der Waals surface area (Å²) in [7, 11) is 3.01. The van der Waals surface area contributed by atoms with Crippen LogP contribution in [0.4, 0.5) is 0 Å². The van der Waals surface area contributed by atoms with Crippen LogP contribution in [-0.4, -0.2) is 67.3 Å². The first kappa shape index (κ1) is 19.7. The minimum Gasteiger partial charge on any atom is -0.503 e. The average molecular weight is 364 g/mol. The first-order valence-corrected chi connectivity index (χ1v) is 8.24. The summed E-state index contributed by atoms with van der Waals surface area (Å²) in [5.41, 5.74) is 0.624. The summed E-state index contributed by atoms with van der Waals surface area (Å²) >= 11 is 0. The zero-order valence-corrected chi connectivity index (χ0v) is 15.1. The van der Waals surface area contributed by atoms with E-state index >= 15 is 0 Å². The molecule has 1 amide bonds. The molecule has 0 aliphatic carbocycles. The van der Waals surface area contributed by atoms with Gasteiger partial charge in [-0.2, -0.15) is 0 Å². The van der Waals surface area contributed by atoms with E-state index in [1.165, 1.54) is 26.0 Å². The van der Waals surface area contributed by atoms with Gasteiger partial charge >= 0.3 is 0 Å². The number of aliphatic hydroxyl groups is 2. The zero-order valence-electron chi connectivity index (χ0n) is 15.1. The van der Waals surface area contributed by atoms with Crippen LogP contribution in [0.1, 0.15) is 18.5 Å². The molecule has 1 aliphatic rings. The number of Topliss-reactive ketones (excluding diaryl/α,β-unsaturated/α-hetero) is 1. The number of aliphatic hydroxyl groups excluding tert-OH is 2. The van der Waals surface area contributed by atoms with Gasteiger partial charge in [0, 0.05) is 31.3 Å². The number of nitrogens with zero attached hydrogens (tertiary/aromatic N) is 1. The van der Waals surface area contributed by atoms with Gasteiger partial charge in [0.25, 0.3) is 5.91 Å². The first-order valence-electron chi connectivity index (χ1n) is 8.24. The van der Waals surface area contributed by atoms with Gasteiger partial charge in [-0.3, -0.25) is 9.59 Å². The van der Waals surface area contributed by atoms with Gasteiger partial charge in [-0.05, 0) is 19.1 Å². The molecule has 1 heterocycles. The summed E-state index contributed by atoms with van der Waals surface area (Å²) in [5, 5.41) is 22.1. The molecule has 3 N–H and O–H groups in total. The van der Waals surface area contributed by atoms with Crippen LogP contribution in [0.2, 0.25) is 0 Å². The monoisotopic (exact) mass is 364 g/mol. The molecule has 0 radical (unpaired) electrons. The van der Waals surface area contributed by atoms with Crippen molar-refractivity contribution >= 4 is 11.7 Å². The van der Waals surface area contributed by atoms with E-state index in [2.05, 4.69) is 5.32 Å². The van der Waals surface area contributed by atoms with Crippen LogP contribution in [-0.2, 0) is 9.59 Å². The highest BCUT2D eigenvalue weighted by Gasteiger charge is 2.43. The molecule has 1 atom stereocenters. The number of nitrogens with one attached hydrogen (secondary N) is 1. The quantitative estimate of drug-likeness (QED) is 0.550. The number of ether oxygens (including phenoxy) is 2. The second-order valence-electron chi connectivity index (χ2n) is 5.80. The lowest BCUT2D eigenvalue weighted by molar-refractivity contribution is -0.129. The molecule has 8 heteroatoms. The lowest BCUT2D eigenvalue weighted by atomic mass is 9.95. The highest BCUT2D eigenvalue weighted by atomic mass is 16.5. The molecular formula is C18H24N2O6. The molecule has 142 valence electrons. The second-order valence-corrected chi connectivity index (χ2v) is 5.80. The standard InChI is InChI=1S/C18H24N2O6/c1-11(22)15-16(13-5-4-12(25-2)10-14(13)26-3)20(18(24)17(15)23)8-6-19-7-9-21/h4-5,10,16,19,21,23H,6-9H2,1-3H3/t16-/m1/s1. The van der Waals surface area contributed by atoms with Crippen LogP contribution < -0.4 is 14.8 Å². The average Bonchev–Trinajstić information content (AvgIpc) is 2.89. The third-order valence-electron chi connectivity index (χ3n) is 4.24. The maximum atomic E-state index is 12.5. The Morgan fingerprint density at radius 3 is 2.58 bits per heavy atom. The van der Waals surface area contributed by atoms with Gasteiger partial charge in [-0.1, -0.05) is 0 Å². The fraction of sp³-hybridized carbons (Fsp3) is 0.444. The van der Waals surface area contributed by atoms with Crippen molar-refractivity contribution in [3.8, 4) is 11.5 Å². The Morgan fingerprint density at radius 1 is 1.27 bits per heavy atom. The summed E-state index contributed by atoms with van der Waals surface area (Å²) in [6.45, 7) is 2.33. The Bertz CT molecular complexity index is 716. The van der Waals surface area contributed by atoms with Crippen LogP contribution in [0.5, 0.6) is 11.5 Å². The molecule has 0 unspecified atom stereocenters. The fourth-order valence-corrected chi connectivity index (χ4v) is 3.02. The van der Waals surface area contributed by atoms with Crippen molar-refractivity contribution in [1.29, 1.82) is 0 Å². The predicted octanol–water partition coefficient (Wildman–Crippen LogP) is 0.570. The molecule has 0 fully saturated rings. The third kappa shape index (κ3) is 3.81. The van der Waals surface area contributed by atoms with E-state index in [9.17, 15) is 14.7 Å². The second kappa shape index (κ2) is 8.68. The molecular weight excluding hydrogens is 340 g/mol. The topological polar surface area (TPSA) is 108 Å². The van der Waals surface area contributed by atoms with Gasteiger partial charge in [0.15, 0.2) is 11.5 Å². The molecule has 0 saturated heterocycles. The molecule has 0 aromatic heterocycles. The highest BCUT2D eigenvalue weighted by Crippen LogP contribution is 2.42. The zero-order chi connectivity index (χ0) is 19.3. The Hall–Kier alpha value is -2.58. The van der Waals surface area contributed by atoms with Gasteiger partial charge in [0.2, 0.25) is 0 Å². The Balaban J connectivity index is 2.44. The van der Waals surface area contributed by atoms with Gasteiger partial charge in [0.05, 0.1) is 32.4 Å². The smallest absolute Gasteiger partial charge is 0.290 e. The van der Waals surface area contributed by atoms with E-state index in [-0.39, 0.29) is 24.5 Å². The van der Waals surface area contributed by atoms with Crippen LogP contribution in [0.25, 0.3) is 0 Å². The maximum absolute atomic E-state index is 12.5. The lowest BCUT2D eigenvalue weighted by Crippen LogP contribution is -2.37. The summed E-state index contributed by atoms with van der Waals surface area (Å²) in [4.78, 5) is 26.1. The molecule has 2 rings (SSSR count). The summed E-state index contributed by atoms with van der Waals surface area (Å²) in [6, 6.07) is 4.33. The number of hydrogen-bond acceptors (Lipinski definition) is 7. The van der Waals surface area contributed by atoms with E-state index < -0.39 is 17.7 Å². The number of benzene rings is 1. The van der Waals surface area contributed by atoms with Crippen molar-refractivity contribution in [2.75, 3.05) is 40.5 Å². The minimum atomic E-state index is -0.753. The third-order valence-corrected chi connectivity index (χ3v) is 4.24. The van der Waals surface area contributed by atoms with E-state index in [1.54, 1.807) is 18.2 Å². The number of carbonyl (C=O) groups excluding carboxylic acids is 2. The number of carbonyl (C=O) groups is 2. The summed E-state index contributed by atoms with van der Waals surface area (Å²) in [5.74, 6) is -0.511. The van der Waals surface area contributed by atoms with Crippen molar-refractivity contribution in [3.63, 3.8) is 0 Å². The number of rotatable bonds is 9. The van der Waals surface area contributed by atoms with E-state index in [4.69, 9.17) is 14.6 Å². The fourth-order valence-electron chi connectivity index (χ4n) is 3.02. The molecule has 1 aliphatic heterocycles. The van der Waals surface area contributed by atoms with Crippen molar-refractivity contribution < 1.29 is 29.3 Å². The highest BCUT2D eigenvalue weighted by molar-refractivity contribution is 6.08. The Kier molecular flexibility index (Phi) is 6.59. The lowest BCUT2D eigenvalue weighted by Gasteiger charge is -2.28. The molecule has 0 saturated carbocycles. The van der Waals surface area contributed by atoms with Crippen molar-refractivity contribution in [2.24, 2.45) is 0 Å². The number of hydrogen-bond donors (Lipinski definition) is 3. The normalized spacial score (nSPS) is 17.0. The maximum Gasteiger partial charge on any atom is 0.290 e. The van der Waals surface area contributed by atoms with Crippen molar-refractivity contribution in [2.45, 2.75) is 13.0 Å². The summed E-state index contributed by atoms with van der Waals surface area (Å²) in [6.07, 6.45) is 0.